The molecule has 1 aliphatic carbocycles. The molecule has 1 aromatic heterocycles. The van der Waals surface area contributed by atoms with Gasteiger partial charge in [0.15, 0.2) is 0 Å². The smallest absolute Gasteiger partial charge is 0.258 e. The van der Waals surface area contributed by atoms with Crippen molar-refractivity contribution in [1.29, 1.82) is 0 Å². The van der Waals surface area contributed by atoms with E-state index in [0.717, 1.165) is 17.4 Å². The molecule has 1 unspecified atom stereocenters. The molecular formula is C14H13ClN2O2. The highest BCUT2D eigenvalue weighted by Crippen LogP contribution is 2.38. The first-order valence-corrected chi connectivity index (χ1v) is 6.75. The normalized spacial score (nSPS) is 16.5. The van der Waals surface area contributed by atoms with Gasteiger partial charge >= 0.3 is 0 Å². The van der Waals surface area contributed by atoms with Crippen LogP contribution in [0.2, 0.25) is 0 Å². The second kappa shape index (κ2) is 4.78. The molecule has 0 aliphatic heterocycles. The Morgan fingerprint density at radius 3 is 2.89 bits per heavy atom. The number of rotatable bonds is 4. The van der Waals surface area contributed by atoms with Gasteiger partial charge in [-0.1, -0.05) is 12.1 Å². The summed E-state index contributed by atoms with van der Waals surface area (Å²) in [7, 11) is 0. The highest BCUT2D eigenvalue weighted by Gasteiger charge is 2.30. The second-order valence-corrected chi connectivity index (χ2v) is 5.52. The average molecular weight is 277 g/mol. The van der Waals surface area contributed by atoms with Gasteiger partial charge in [0.1, 0.15) is 5.52 Å². The molecule has 19 heavy (non-hydrogen) atoms. The highest BCUT2D eigenvalue weighted by molar-refractivity contribution is 6.21. The molecule has 1 atom stereocenters. The first-order chi connectivity index (χ1) is 9.16. The van der Waals surface area contributed by atoms with E-state index in [1.807, 2.05) is 12.1 Å². The summed E-state index contributed by atoms with van der Waals surface area (Å²) in [6.07, 6.45) is 4.75. The number of fused-ring (bicyclic) bond motifs is 1. The molecule has 1 aromatic carbocycles. The molecule has 4 nitrogen and oxygen atoms in total. The van der Waals surface area contributed by atoms with Crippen LogP contribution in [-0.4, -0.2) is 15.3 Å². The maximum atomic E-state index is 11.0. The SMILES string of the molecule is O=[N+]([O-])c1cccc2c(CC(Cl)C3CC3)ccnc12. The zero-order valence-electron chi connectivity index (χ0n) is 10.3. The lowest BCUT2D eigenvalue weighted by molar-refractivity contribution is -0.383. The largest absolute Gasteiger partial charge is 0.295 e. The lowest BCUT2D eigenvalue weighted by atomic mass is 10.0. The summed E-state index contributed by atoms with van der Waals surface area (Å²) in [5.41, 5.74) is 1.54. The van der Waals surface area contributed by atoms with Crippen molar-refractivity contribution in [3.8, 4) is 0 Å². The van der Waals surface area contributed by atoms with Crippen molar-refractivity contribution < 1.29 is 4.92 Å². The third-order valence-corrected chi connectivity index (χ3v) is 4.10. The molecule has 1 saturated carbocycles. The number of benzene rings is 1. The van der Waals surface area contributed by atoms with Crippen molar-refractivity contribution in [3.63, 3.8) is 0 Å². The van der Waals surface area contributed by atoms with Crippen LogP contribution in [0.4, 0.5) is 5.69 Å². The molecule has 1 heterocycles. The minimum atomic E-state index is -0.391. The quantitative estimate of drug-likeness (QED) is 0.486. The van der Waals surface area contributed by atoms with Crippen LogP contribution in [-0.2, 0) is 6.42 Å². The minimum absolute atomic E-state index is 0.0527. The van der Waals surface area contributed by atoms with Crippen molar-refractivity contribution >= 4 is 28.2 Å². The summed E-state index contributed by atoms with van der Waals surface area (Å²) >= 11 is 6.36. The Hall–Kier alpha value is -1.68. The van der Waals surface area contributed by atoms with E-state index in [2.05, 4.69) is 4.98 Å². The number of pyridine rings is 1. The molecule has 1 aliphatic rings. The molecule has 0 spiro atoms. The van der Waals surface area contributed by atoms with Crippen LogP contribution in [0.1, 0.15) is 18.4 Å². The molecule has 98 valence electrons. The summed E-state index contributed by atoms with van der Waals surface area (Å²) < 4.78 is 0. The Labute approximate surface area is 115 Å². The zero-order valence-corrected chi connectivity index (χ0v) is 11.0. The Kier molecular flexibility index (Phi) is 3.11. The fourth-order valence-electron chi connectivity index (χ4n) is 2.38. The maximum absolute atomic E-state index is 11.0. The fourth-order valence-corrected chi connectivity index (χ4v) is 2.80. The molecule has 5 heteroatoms. The number of non-ortho nitro benzene ring substituents is 1. The predicted octanol–water partition coefficient (Wildman–Crippen LogP) is 3.70. The van der Waals surface area contributed by atoms with E-state index in [-0.39, 0.29) is 11.1 Å². The van der Waals surface area contributed by atoms with Crippen molar-refractivity contribution in [3.05, 3.63) is 46.1 Å². The van der Waals surface area contributed by atoms with Gasteiger partial charge in [-0.15, -0.1) is 11.6 Å². The van der Waals surface area contributed by atoms with Crippen LogP contribution in [0, 0.1) is 16.0 Å². The van der Waals surface area contributed by atoms with Crippen LogP contribution in [0.5, 0.6) is 0 Å². The number of nitro groups is 1. The third kappa shape index (κ3) is 2.40. The molecule has 0 amide bonds. The second-order valence-electron chi connectivity index (χ2n) is 4.96. The first kappa shape index (κ1) is 12.4. The van der Waals surface area contributed by atoms with Gasteiger partial charge in [-0.25, -0.2) is 4.98 Å². The summed E-state index contributed by atoms with van der Waals surface area (Å²) in [5, 5.41) is 12.0. The van der Waals surface area contributed by atoms with Crippen LogP contribution in [0.15, 0.2) is 30.5 Å². The Bertz CT molecular complexity index is 640. The number of halogens is 1. The lowest BCUT2D eigenvalue weighted by Crippen LogP contribution is -2.06. The van der Waals surface area contributed by atoms with Gasteiger partial charge in [0.05, 0.1) is 4.92 Å². The van der Waals surface area contributed by atoms with E-state index < -0.39 is 4.92 Å². The molecule has 0 saturated heterocycles. The summed E-state index contributed by atoms with van der Waals surface area (Å²) in [5.74, 6) is 0.601. The van der Waals surface area contributed by atoms with Crippen molar-refractivity contribution in [2.45, 2.75) is 24.6 Å². The Morgan fingerprint density at radius 1 is 1.42 bits per heavy atom. The number of aromatic nitrogens is 1. The monoisotopic (exact) mass is 276 g/mol. The van der Waals surface area contributed by atoms with Gasteiger partial charge in [0.25, 0.3) is 5.69 Å². The van der Waals surface area contributed by atoms with Gasteiger partial charge in [-0.05, 0) is 36.8 Å². The zero-order chi connectivity index (χ0) is 13.4. The summed E-state index contributed by atoms with van der Waals surface area (Å²) in [6.45, 7) is 0. The van der Waals surface area contributed by atoms with E-state index in [0.29, 0.717) is 11.4 Å². The molecule has 3 rings (SSSR count). The Morgan fingerprint density at radius 2 is 2.21 bits per heavy atom. The topological polar surface area (TPSA) is 56.0 Å². The van der Waals surface area contributed by atoms with E-state index in [9.17, 15) is 10.1 Å². The molecule has 0 N–H and O–H groups in total. The lowest BCUT2D eigenvalue weighted by Gasteiger charge is -2.10. The third-order valence-electron chi connectivity index (χ3n) is 3.59. The van der Waals surface area contributed by atoms with Crippen LogP contribution in [0.3, 0.4) is 0 Å². The number of para-hydroxylation sites is 1. The molecule has 0 bridgehead atoms. The molecule has 1 fully saturated rings. The number of nitro benzene ring substituents is 1. The summed E-state index contributed by atoms with van der Waals surface area (Å²) in [6, 6.07) is 6.97. The molecular weight excluding hydrogens is 264 g/mol. The standard InChI is InChI=1S/C14H13ClN2O2/c15-12(9-4-5-9)8-10-6-7-16-14-11(10)2-1-3-13(14)17(18)19/h1-3,6-7,9,12H,4-5,8H2. The summed E-state index contributed by atoms with van der Waals surface area (Å²) in [4.78, 5) is 14.8. The minimum Gasteiger partial charge on any atom is -0.258 e. The highest BCUT2D eigenvalue weighted by atomic mass is 35.5. The van der Waals surface area contributed by atoms with Crippen LogP contribution >= 0.6 is 11.6 Å². The van der Waals surface area contributed by atoms with Gasteiger partial charge in [0, 0.05) is 23.0 Å². The number of nitrogens with zero attached hydrogens (tertiary/aromatic N) is 2. The number of hydrogen-bond acceptors (Lipinski definition) is 3. The van der Waals surface area contributed by atoms with Crippen LogP contribution < -0.4 is 0 Å². The van der Waals surface area contributed by atoms with Gasteiger partial charge in [0.2, 0.25) is 0 Å². The molecule has 0 radical (unpaired) electrons. The Balaban J connectivity index is 2.05. The van der Waals surface area contributed by atoms with Crippen molar-refractivity contribution in [2.24, 2.45) is 5.92 Å². The van der Waals surface area contributed by atoms with E-state index in [1.54, 1.807) is 12.3 Å². The van der Waals surface area contributed by atoms with Gasteiger partial charge in [-0.2, -0.15) is 0 Å². The van der Waals surface area contributed by atoms with E-state index in [4.69, 9.17) is 11.6 Å². The maximum Gasteiger partial charge on any atom is 0.295 e. The van der Waals surface area contributed by atoms with Crippen molar-refractivity contribution in [2.75, 3.05) is 0 Å². The average Bonchev–Trinajstić information content (AvgIpc) is 3.22. The predicted molar refractivity (Wildman–Crippen MR) is 74.5 cm³/mol. The van der Waals surface area contributed by atoms with Gasteiger partial charge in [-0.3, -0.25) is 10.1 Å². The molecule has 2 aromatic rings. The van der Waals surface area contributed by atoms with E-state index in [1.165, 1.54) is 18.9 Å². The van der Waals surface area contributed by atoms with E-state index >= 15 is 0 Å². The number of alkyl halides is 1. The fraction of sp³-hybridized carbons (Fsp3) is 0.357. The van der Waals surface area contributed by atoms with Gasteiger partial charge < -0.3 is 0 Å². The first-order valence-electron chi connectivity index (χ1n) is 6.32. The van der Waals surface area contributed by atoms with Crippen molar-refractivity contribution in [1.82, 2.24) is 4.98 Å². The number of hydrogen-bond donors (Lipinski definition) is 0. The van der Waals surface area contributed by atoms with Crippen LogP contribution in [0.25, 0.3) is 10.9 Å².